The highest BCUT2D eigenvalue weighted by Crippen LogP contribution is 2.33. The summed E-state index contributed by atoms with van der Waals surface area (Å²) in [5.41, 5.74) is 1.79. The summed E-state index contributed by atoms with van der Waals surface area (Å²) in [5.74, 6) is 0.707. The van der Waals surface area contributed by atoms with E-state index in [-0.39, 0.29) is 5.41 Å². The van der Waals surface area contributed by atoms with Crippen LogP contribution in [0.15, 0.2) is 17.3 Å². The molecule has 0 aromatic rings. The lowest BCUT2D eigenvalue weighted by Crippen LogP contribution is -2.28. The predicted octanol–water partition coefficient (Wildman–Crippen LogP) is 4.39. The van der Waals surface area contributed by atoms with Gasteiger partial charge >= 0.3 is 0 Å². The Morgan fingerprint density at radius 2 is 1.88 bits per heavy atom. The molecule has 0 radical (unpaired) electrons. The van der Waals surface area contributed by atoms with Crippen LogP contribution < -0.4 is 0 Å². The lowest BCUT2D eigenvalue weighted by molar-refractivity contribution is 0.301. The van der Waals surface area contributed by atoms with Gasteiger partial charge in [-0.25, -0.2) is 0 Å². The maximum atomic E-state index is 9.19. The number of rotatable bonds is 4. The van der Waals surface area contributed by atoms with E-state index in [1.165, 1.54) is 32.1 Å². The van der Waals surface area contributed by atoms with Gasteiger partial charge in [0.25, 0.3) is 0 Å². The van der Waals surface area contributed by atoms with Crippen molar-refractivity contribution in [3.8, 4) is 0 Å². The molecule has 0 heterocycles. The fourth-order valence-corrected chi connectivity index (χ4v) is 2.33. The SMILES string of the molecule is C=C(C)C(C)(C)C(CC1CCCCC1)=NO. The molecule has 0 aromatic carbocycles. The summed E-state index contributed by atoms with van der Waals surface area (Å²) in [5, 5.41) is 12.7. The van der Waals surface area contributed by atoms with Crippen molar-refractivity contribution < 1.29 is 5.21 Å². The van der Waals surface area contributed by atoms with Crippen molar-refractivity contribution in [1.82, 2.24) is 0 Å². The maximum Gasteiger partial charge on any atom is 0.0669 e. The molecule has 2 nitrogen and oxygen atoms in total. The minimum atomic E-state index is -0.174. The molecular formula is C14H25NO. The van der Waals surface area contributed by atoms with Crippen molar-refractivity contribution in [3.05, 3.63) is 12.2 Å². The van der Waals surface area contributed by atoms with Gasteiger partial charge in [-0.2, -0.15) is 0 Å². The van der Waals surface area contributed by atoms with Crippen LogP contribution in [-0.4, -0.2) is 10.9 Å². The Hall–Kier alpha value is -0.790. The molecule has 1 rings (SSSR count). The third kappa shape index (κ3) is 3.10. The van der Waals surface area contributed by atoms with E-state index >= 15 is 0 Å². The van der Waals surface area contributed by atoms with Gasteiger partial charge in [0, 0.05) is 5.41 Å². The van der Waals surface area contributed by atoms with Crippen LogP contribution in [0.1, 0.15) is 59.3 Å². The maximum absolute atomic E-state index is 9.19. The molecule has 16 heavy (non-hydrogen) atoms. The zero-order valence-electron chi connectivity index (χ0n) is 10.9. The Kier molecular flexibility index (Phi) is 4.57. The fourth-order valence-electron chi connectivity index (χ4n) is 2.33. The minimum Gasteiger partial charge on any atom is -0.411 e. The van der Waals surface area contributed by atoms with Gasteiger partial charge in [-0.05, 0) is 19.3 Å². The highest BCUT2D eigenvalue weighted by atomic mass is 16.4. The molecule has 0 aromatic heterocycles. The Bertz CT molecular complexity index is 272. The fraction of sp³-hybridized carbons (Fsp3) is 0.786. The summed E-state index contributed by atoms with van der Waals surface area (Å²) >= 11 is 0. The smallest absolute Gasteiger partial charge is 0.0669 e. The summed E-state index contributed by atoms with van der Waals surface area (Å²) in [7, 11) is 0. The third-order valence-electron chi connectivity index (χ3n) is 4.12. The molecule has 1 saturated carbocycles. The van der Waals surface area contributed by atoms with E-state index in [9.17, 15) is 5.21 Å². The summed E-state index contributed by atoms with van der Waals surface area (Å²) < 4.78 is 0. The molecule has 1 aliphatic carbocycles. The largest absolute Gasteiger partial charge is 0.411 e. The second kappa shape index (κ2) is 5.51. The second-order valence-corrected chi connectivity index (χ2v) is 5.66. The molecule has 0 bridgehead atoms. The minimum absolute atomic E-state index is 0.174. The Labute approximate surface area is 99.4 Å². The van der Waals surface area contributed by atoms with Gasteiger partial charge in [-0.3, -0.25) is 0 Å². The number of nitrogens with zero attached hydrogens (tertiary/aromatic N) is 1. The predicted molar refractivity (Wildman–Crippen MR) is 69.0 cm³/mol. The van der Waals surface area contributed by atoms with E-state index in [0.29, 0.717) is 5.92 Å². The first-order valence-corrected chi connectivity index (χ1v) is 6.36. The van der Waals surface area contributed by atoms with Crippen LogP contribution in [0.5, 0.6) is 0 Å². The van der Waals surface area contributed by atoms with Crippen molar-refractivity contribution in [3.63, 3.8) is 0 Å². The van der Waals surface area contributed by atoms with Gasteiger partial charge in [-0.15, -0.1) is 0 Å². The molecular weight excluding hydrogens is 198 g/mol. The summed E-state index contributed by atoms with van der Waals surface area (Å²) in [6.07, 6.45) is 7.52. The van der Waals surface area contributed by atoms with Crippen LogP contribution in [0.25, 0.3) is 0 Å². The molecule has 0 spiro atoms. The van der Waals surface area contributed by atoms with Gasteiger partial charge in [0.1, 0.15) is 0 Å². The first-order chi connectivity index (χ1) is 7.48. The lowest BCUT2D eigenvalue weighted by atomic mass is 9.75. The molecule has 92 valence electrons. The number of allylic oxidation sites excluding steroid dienone is 1. The number of oxime groups is 1. The van der Waals surface area contributed by atoms with Crippen molar-refractivity contribution in [2.45, 2.75) is 59.3 Å². The topological polar surface area (TPSA) is 32.6 Å². The number of hydrogen-bond acceptors (Lipinski definition) is 2. The van der Waals surface area contributed by atoms with Crippen LogP contribution in [0.4, 0.5) is 0 Å². The average molecular weight is 223 g/mol. The second-order valence-electron chi connectivity index (χ2n) is 5.66. The molecule has 0 atom stereocenters. The van der Waals surface area contributed by atoms with Crippen LogP contribution >= 0.6 is 0 Å². The highest BCUT2D eigenvalue weighted by molar-refractivity contribution is 5.91. The molecule has 1 aliphatic rings. The molecule has 0 saturated heterocycles. The van der Waals surface area contributed by atoms with Gasteiger partial charge in [0.2, 0.25) is 0 Å². The molecule has 1 N–H and O–H groups in total. The van der Waals surface area contributed by atoms with E-state index in [4.69, 9.17) is 0 Å². The molecule has 0 unspecified atom stereocenters. The van der Waals surface area contributed by atoms with E-state index in [0.717, 1.165) is 17.7 Å². The summed E-state index contributed by atoms with van der Waals surface area (Å²) in [6.45, 7) is 10.2. The standard InChI is InChI=1S/C14H25NO/c1-11(2)14(3,4)13(15-16)10-12-8-6-5-7-9-12/h12,16H,1,5-10H2,2-4H3. The average Bonchev–Trinajstić information content (AvgIpc) is 2.26. The van der Waals surface area contributed by atoms with Gasteiger partial charge in [-0.1, -0.05) is 63.3 Å². The molecule has 2 heteroatoms. The first-order valence-electron chi connectivity index (χ1n) is 6.36. The van der Waals surface area contributed by atoms with E-state index in [1.807, 2.05) is 6.92 Å². The Morgan fingerprint density at radius 1 is 1.31 bits per heavy atom. The van der Waals surface area contributed by atoms with Crippen molar-refractivity contribution >= 4 is 5.71 Å². The Morgan fingerprint density at radius 3 is 2.31 bits per heavy atom. The van der Waals surface area contributed by atoms with Crippen LogP contribution in [0.3, 0.4) is 0 Å². The summed E-state index contributed by atoms with van der Waals surface area (Å²) in [6, 6.07) is 0. The number of hydrogen-bond donors (Lipinski definition) is 1. The third-order valence-corrected chi connectivity index (χ3v) is 4.12. The first kappa shape index (κ1) is 13.3. The zero-order chi connectivity index (χ0) is 12.2. The van der Waals surface area contributed by atoms with Crippen LogP contribution in [-0.2, 0) is 0 Å². The molecule has 0 aliphatic heterocycles. The van der Waals surface area contributed by atoms with Crippen LogP contribution in [0.2, 0.25) is 0 Å². The van der Waals surface area contributed by atoms with Gasteiger partial charge in [0.05, 0.1) is 5.71 Å². The van der Waals surface area contributed by atoms with Crippen molar-refractivity contribution in [2.75, 3.05) is 0 Å². The van der Waals surface area contributed by atoms with Gasteiger partial charge < -0.3 is 5.21 Å². The zero-order valence-corrected chi connectivity index (χ0v) is 10.9. The van der Waals surface area contributed by atoms with E-state index in [2.05, 4.69) is 25.6 Å². The lowest BCUT2D eigenvalue weighted by Gasteiger charge is -2.30. The monoisotopic (exact) mass is 223 g/mol. The molecule has 0 amide bonds. The van der Waals surface area contributed by atoms with E-state index in [1.54, 1.807) is 0 Å². The summed E-state index contributed by atoms with van der Waals surface area (Å²) in [4.78, 5) is 0. The molecule has 1 fully saturated rings. The Balaban J connectivity index is 2.65. The highest BCUT2D eigenvalue weighted by Gasteiger charge is 2.29. The quantitative estimate of drug-likeness (QED) is 0.326. The normalized spacial score (nSPS) is 19.8. The van der Waals surface area contributed by atoms with Crippen molar-refractivity contribution in [2.24, 2.45) is 16.5 Å². The van der Waals surface area contributed by atoms with Gasteiger partial charge in [0.15, 0.2) is 0 Å². The van der Waals surface area contributed by atoms with E-state index < -0.39 is 0 Å². The van der Waals surface area contributed by atoms with Crippen LogP contribution in [0, 0.1) is 11.3 Å². The van der Waals surface area contributed by atoms with Crippen molar-refractivity contribution in [1.29, 1.82) is 0 Å².